The van der Waals surface area contributed by atoms with Crippen molar-refractivity contribution in [3.63, 3.8) is 0 Å². The van der Waals surface area contributed by atoms with Crippen LogP contribution in [0.1, 0.15) is 57.8 Å². The number of rotatable bonds is 16. The minimum atomic E-state index is -0.853. The van der Waals surface area contributed by atoms with Crippen molar-refractivity contribution in [1.29, 1.82) is 0 Å². The number of aliphatic carboxylic acids is 1. The Bertz CT molecular complexity index is 477. The van der Waals surface area contributed by atoms with Crippen LogP contribution in [0.15, 0.2) is 48.6 Å². The molecule has 0 aromatic heterocycles. The van der Waals surface area contributed by atoms with E-state index in [0.717, 1.165) is 32.0 Å². The molecule has 0 radical (unpaired) electrons. The quantitative estimate of drug-likeness (QED) is 0.168. The number of aliphatic hydroxyl groups excluding tert-OH is 2. The van der Waals surface area contributed by atoms with Gasteiger partial charge in [0.25, 0.3) is 0 Å². The van der Waals surface area contributed by atoms with Gasteiger partial charge in [0.1, 0.15) is 6.29 Å². The molecule has 0 rings (SSSR count). The zero-order chi connectivity index (χ0) is 19.5. The van der Waals surface area contributed by atoms with E-state index in [1.54, 1.807) is 36.5 Å². The second-order valence-corrected chi connectivity index (χ2v) is 6.09. The van der Waals surface area contributed by atoms with Crippen LogP contribution in [0, 0.1) is 0 Å². The van der Waals surface area contributed by atoms with Gasteiger partial charge in [-0.15, -0.1) is 0 Å². The van der Waals surface area contributed by atoms with Gasteiger partial charge in [0.15, 0.2) is 0 Å². The summed E-state index contributed by atoms with van der Waals surface area (Å²) in [6, 6.07) is 0. The predicted octanol–water partition coefficient (Wildman–Crippen LogP) is 3.73. The van der Waals surface area contributed by atoms with E-state index >= 15 is 0 Å². The Hall–Kier alpha value is -1.98. The number of carbonyl (C=O) groups is 2. The second kappa shape index (κ2) is 17.8. The molecule has 26 heavy (non-hydrogen) atoms. The van der Waals surface area contributed by atoms with Gasteiger partial charge < -0.3 is 20.1 Å². The van der Waals surface area contributed by atoms with Crippen LogP contribution in [0.5, 0.6) is 0 Å². The molecule has 0 aliphatic rings. The van der Waals surface area contributed by atoms with Crippen molar-refractivity contribution in [3.8, 4) is 0 Å². The van der Waals surface area contributed by atoms with Crippen LogP contribution >= 0.6 is 0 Å². The van der Waals surface area contributed by atoms with Gasteiger partial charge >= 0.3 is 5.97 Å². The van der Waals surface area contributed by atoms with E-state index in [1.807, 2.05) is 6.08 Å². The third kappa shape index (κ3) is 18.4. The van der Waals surface area contributed by atoms with Crippen molar-refractivity contribution < 1.29 is 24.9 Å². The number of carbonyl (C=O) groups excluding carboxylic acids is 1. The topological polar surface area (TPSA) is 94.8 Å². The van der Waals surface area contributed by atoms with E-state index < -0.39 is 18.2 Å². The number of aldehydes is 1. The summed E-state index contributed by atoms with van der Waals surface area (Å²) >= 11 is 0. The first kappa shape index (κ1) is 24.0. The number of allylic oxidation sites excluding steroid dienone is 5. The molecule has 0 saturated carbocycles. The zero-order valence-corrected chi connectivity index (χ0v) is 15.4. The first-order chi connectivity index (χ1) is 12.6. The molecular weight excluding hydrogens is 332 g/mol. The Morgan fingerprint density at radius 3 is 2.12 bits per heavy atom. The number of carboxylic acid groups (broad SMARTS) is 1. The maximum atomic E-state index is 10.4. The Kier molecular flexibility index (Phi) is 16.5. The molecule has 0 aromatic rings. The van der Waals surface area contributed by atoms with Gasteiger partial charge in [-0.25, -0.2) is 0 Å². The third-order valence-electron chi connectivity index (χ3n) is 3.63. The van der Waals surface area contributed by atoms with Crippen molar-refractivity contribution >= 4 is 12.3 Å². The Morgan fingerprint density at radius 2 is 1.46 bits per heavy atom. The number of hydrogen-bond donors (Lipinski definition) is 3. The molecule has 0 aliphatic carbocycles. The maximum absolute atomic E-state index is 10.4. The molecule has 0 aromatic carbocycles. The Morgan fingerprint density at radius 1 is 0.808 bits per heavy atom. The van der Waals surface area contributed by atoms with E-state index in [1.165, 1.54) is 0 Å². The van der Waals surface area contributed by atoms with Gasteiger partial charge in [0.05, 0.1) is 12.2 Å². The van der Waals surface area contributed by atoms with E-state index in [4.69, 9.17) is 5.11 Å². The highest BCUT2D eigenvalue weighted by Crippen LogP contribution is 2.04. The van der Waals surface area contributed by atoms with E-state index in [2.05, 4.69) is 6.08 Å². The van der Waals surface area contributed by atoms with Crippen molar-refractivity contribution in [2.75, 3.05) is 0 Å². The first-order valence-corrected chi connectivity index (χ1v) is 9.24. The standard InChI is InChI=1S/C21H32O5/c22-18-11-7-3-1-2-4-8-13-19(23)14-9-5-6-10-15-20(24)16-12-17-21(25)26/h4-6,8-10,14-15,18-20,23-24H,1-3,7,11-13,16-17H2,(H,25,26)/b6-5+,8-4-,14-9+,15-10-/t19-,20-/m1/s1. The van der Waals surface area contributed by atoms with Crippen molar-refractivity contribution in [2.45, 2.75) is 70.0 Å². The molecule has 2 atom stereocenters. The zero-order valence-electron chi connectivity index (χ0n) is 15.4. The fourth-order valence-corrected chi connectivity index (χ4v) is 2.17. The molecule has 0 saturated heterocycles. The molecule has 3 N–H and O–H groups in total. The Labute approximate surface area is 156 Å². The highest BCUT2D eigenvalue weighted by atomic mass is 16.4. The molecule has 0 aliphatic heterocycles. The highest BCUT2D eigenvalue weighted by molar-refractivity contribution is 5.66. The third-order valence-corrected chi connectivity index (χ3v) is 3.63. The summed E-state index contributed by atoms with van der Waals surface area (Å²) in [4.78, 5) is 20.5. The highest BCUT2D eigenvalue weighted by Gasteiger charge is 2.01. The lowest BCUT2D eigenvalue weighted by Gasteiger charge is -2.02. The molecule has 0 heterocycles. The number of aliphatic hydroxyl groups is 2. The molecule has 0 unspecified atom stereocenters. The summed E-state index contributed by atoms with van der Waals surface area (Å²) in [6.07, 6.45) is 20.2. The second-order valence-electron chi connectivity index (χ2n) is 6.09. The summed E-state index contributed by atoms with van der Waals surface area (Å²) in [6.45, 7) is 0. The van der Waals surface area contributed by atoms with Gasteiger partial charge in [-0.2, -0.15) is 0 Å². The van der Waals surface area contributed by atoms with Gasteiger partial charge in [-0.1, -0.05) is 55.0 Å². The van der Waals surface area contributed by atoms with Crippen LogP contribution < -0.4 is 0 Å². The summed E-state index contributed by atoms with van der Waals surface area (Å²) in [7, 11) is 0. The van der Waals surface area contributed by atoms with Crippen LogP contribution in [0.2, 0.25) is 0 Å². The lowest BCUT2D eigenvalue weighted by Crippen LogP contribution is -2.03. The van der Waals surface area contributed by atoms with Crippen LogP contribution in [0.4, 0.5) is 0 Å². The summed E-state index contributed by atoms with van der Waals surface area (Å²) in [5, 5.41) is 27.9. The summed E-state index contributed by atoms with van der Waals surface area (Å²) in [5.41, 5.74) is 0. The fourth-order valence-electron chi connectivity index (χ4n) is 2.17. The molecular formula is C21H32O5. The monoisotopic (exact) mass is 364 g/mol. The lowest BCUT2D eigenvalue weighted by molar-refractivity contribution is -0.137. The van der Waals surface area contributed by atoms with Gasteiger partial charge in [-0.3, -0.25) is 4.79 Å². The molecule has 146 valence electrons. The van der Waals surface area contributed by atoms with Gasteiger partial charge in [-0.05, 0) is 38.5 Å². The largest absolute Gasteiger partial charge is 0.481 e. The fraction of sp³-hybridized carbons (Fsp3) is 0.524. The number of unbranched alkanes of at least 4 members (excludes halogenated alkanes) is 4. The molecule has 5 nitrogen and oxygen atoms in total. The van der Waals surface area contributed by atoms with Gasteiger partial charge in [0.2, 0.25) is 0 Å². The molecule has 0 amide bonds. The normalized spacial score (nSPS) is 14.7. The maximum Gasteiger partial charge on any atom is 0.303 e. The SMILES string of the molecule is O=CCCCCC/C=C\C[C@@H](O)/C=C/C=C/C=C\[C@@H](O)CCCC(=O)O. The van der Waals surface area contributed by atoms with Crippen molar-refractivity contribution in [2.24, 2.45) is 0 Å². The van der Waals surface area contributed by atoms with E-state index in [0.29, 0.717) is 25.7 Å². The van der Waals surface area contributed by atoms with Crippen molar-refractivity contribution in [1.82, 2.24) is 0 Å². The summed E-state index contributed by atoms with van der Waals surface area (Å²) in [5.74, 6) is -0.853. The first-order valence-electron chi connectivity index (χ1n) is 9.24. The lowest BCUT2D eigenvalue weighted by atomic mass is 10.1. The van der Waals surface area contributed by atoms with E-state index in [9.17, 15) is 19.8 Å². The Balaban J connectivity index is 3.77. The van der Waals surface area contributed by atoms with Crippen LogP contribution in [-0.4, -0.2) is 39.8 Å². The van der Waals surface area contributed by atoms with Crippen LogP contribution in [-0.2, 0) is 9.59 Å². The van der Waals surface area contributed by atoms with Crippen LogP contribution in [0.3, 0.4) is 0 Å². The van der Waals surface area contributed by atoms with Crippen molar-refractivity contribution in [3.05, 3.63) is 48.6 Å². The number of hydrogen-bond acceptors (Lipinski definition) is 4. The molecule has 5 heteroatoms. The van der Waals surface area contributed by atoms with Gasteiger partial charge in [0, 0.05) is 12.8 Å². The minimum absolute atomic E-state index is 0.0655. The predicted molar refractivity (Wildman–Crippen MR) is 104 cm³/mol. The molecule has 0 bridgehead atoms. The molecule has 0 spiro atoms. The van der Waals surface area contributed by atoms with Crippen LogP contribution in [0.25, 0.3) is 0 Å². The molecule has 0 fully saturated rings. The smallest absolute Gasteiger partial charge is 0.303 e. The minimum Gasteiger partial charge on any atom is -0.481 e. The van der Waals surface area contributed by atoms with E-state index in [-0.39, 0.29) is 6.42 Å². The average Bonchev–Trinajstić information content (AvgIpc) is 2.60. The number of carboxylic acids is 1. The summed E-state index contributed by atoms with van der Waals surface area (Å²) < 4.78 is 0. The average molecular weight is 364 g/mol.